The molecule has 52 valence electrons. The summed E-state index contributed by atoms with van der Waals surface area (Å²) in [5, 5.41) is 9.33. The van der Waals surface area contributed by atoms with Gasteiger partial charge in [0, 0.05) is 0 Å². The number of rotatable bonds is 0. The van der Waals surface area contributed by atoms with E-state index >= 15 is 0 Å². The summed E-state index contributed by atoms with van der Waals surface area (Å²) in [5.74, 6) is 0. The highest BCUT2D eigenvalue weighted by Crippen LogP contribution is 1.66. The first-order valence-corrected chi connectivity index (χ1v) is 1.81. The van der Waals surface area contributed by atoms with Crippen LogP contribution in [-0.4, -0.2) is 12.1 Å². The molecule has 0 aliphatic rings. The number of hydrogen-bond acceptors (Lipinski definition) is 4. The van der Waals surface area contributed by atoms with Crippen molar-refractivity contribution in [3.05, 3.63) is 5.21 Å². The molecule has 4 N–H and O–H groups in total. The summed E-state index contributed by atoms with van der Waals surface area (Å²) in [4.78, 5) is 23.2. The second-order valence-corrected chi connectivity index (χ2v) is 0.958. The van der Waals surface area contributed by atoms with Gasteiger partial charge in [-0.15, -0.1) is 0 Å². The number of hydroxylamine groups is 2. The molecule has 0 aliphatic heterocycles. The lowest BCUT2D eigenvalue weighted by Crippen LogP contribution is -2.34. The van der Waals surface area contributed by atoms with E-state index in [1.54, 1.807) is 0 Å². The lowest BCUT2D eigenvalue weighted by molar-refractivity contribution is 0.106. The van der Waals surface area contributed by atoms with Gasteiger partial charge in [-0.05, 0) is 0 Å². The van der Waals surface area contributed by atoms with Gasteiger partial charge in [-0.2, -0.15) is 5.48 Å². The molecule has 0 aliphatic carbocycles. The molecule has 0 spiro atoms. The van der Waals surface area contributed by atoms with Crippen molar-refractivity contribution < 1.29 is 14.4 Å². The predicted octanol–water partition coefficient (Wildman–Crippen LogP) is -1.21. The Hall–Kier alpha value is -1.50. The van der Waals surface area contributed by atoms with Gasteiger partial charge in [-0.3, -0.25) is 0 Å². The number of primary amides is 1. The van der Waals surface area contributed by atoms with E-state index in [0.29, 0.717) is 0 Å². The Kier molecular flexibility index (Phi) is 2.91. The van der Waals surface area contributed by atoms with Gasteiger partial charge in [0.2, 0.25) is 0 Å². The monoisotopic (exact) mass is 134 g/mol. The molecule has 0 aromatic rings. The van der Waals surface area contributed by atoms with E-state index in [-0.39, 0.29) is 0 Å². The van der Waals surface area contributed by atoms with Crippen molar-refractivity contribution in [3.63, 3.8) is 0 Å². The maximum atomic E-state index is 9.80. The summed E-state index contributed by atoms with van der Waals surface area (Å²) < 4.78 is 0. The number of hydrogen-bond donors (Lipinski definition) is 3. The molecule has 0 rings (SSSR count). The molecule has 0 heterocycles. The van der Waals surface area contributed by atoms with Crippen LogP contribution in [0.3, 0.4) is 0 Å². The van der Waals surface area contributed by atoms with Gasteiger partial charge in [0.05, 0.1) is 0 Å². The number of carbonyl (C=O) groups excluding carboxylic acids is 2. The molecular weight excluding hydrogens is 130 g/mol. The van der Waals surface area contributed by atoms with Crippen molar-refractivity contribution in [2.75, 3.05) is 0 Å². The van der Waals surface area contributed by atoms with Crippen LogP contribution >= 0.6 is 0 Å². The van der Waals surface area contributed by atoms with Crippen molar-refractivity contribution in [3.8, 4) is 0 Å². The van der Waals surface area contributed by atoms with Crippen molar-refractivity contribution in [2.24, 2.45) is 5.73 Å². The van der Waals surface area contributed by atoms with Crippen LogP contribution in [0.1, 0.15) is 0 Å². The molecule has 0 aromatic carbocycles. The molecule has 0 fully saturated rings. The minimum Gasteiger partial charge on any atom is -0.756 e. The zero-order valence-electron chi connectivity index (χ0n) is 4.21. The zero-order chi connectivity index (χ0) is 7.28. The molecule has 0 atom stereocenters. The van der Waals surface area contributed by atoms with Crippen LogP contribution in [-0.2, 0) is 4.84 Å². The first kappa shape index (κ1) is 7.50. The second kappa shape index (κ2) is 3.50. The topological polar surface area (TPSA) is 117 Å². The smallest absolute Gasteiger partial charge is 0.420 e. The third-order valence-corrected chi connectivity index (χ3v) is 0.328. The van der Waals surface area contributed by atoms with E-state index in [0.717, 1.165) is 5.48 Å². The van der Waals surface area contributed by atoms with E-state index in [9.17, 15) is 14.8 Å². The highest BCUT2D eigenvalue weighted by molar-refractivity contribution is 5.74. The molecule has 0 bridgehead atoms. The Labute approximate surface area is 49.7 Å². The third kappa shape index (κ3) is 4.35. The summed E-state index contributed by atoms with van der Waals surface area (Å²) in [7, 11) is 0. The Morgan fingerprint density at radius 3 is 2.44 bits per heavy atom. The van der Waals surface area contributed by atoms with Crippen LogP contribution in [0.25, 0.3) is 0 Å². The van der Waals surface area contributed by atoms with Crippen molar-refractivity contribution in [1.82, 2.24) is 11.0 Å². The largest absolute Gasteiger partial charge is 0.756 e. The fourth-order valence-electron chi connectivity index (χ4n) is 0.117. The van der Waals surface area contributed by atoms with Crippen LogP contribution < -0.4 is 16.7 Å². The second-order valence-electron chi connectivity index (χ2n) is 0.958. The molecule has 7 heteroatoms. The van der Waals surface area contributed by atoms with Crippen molar-refractivity contribution in [1.29, 1.82) is 0 Å². The van der Waals surface area contributed by atoms with Crippen LogP contribution in [0.2, 0.25) is 0 Å². The number of carbonyl (C=O) groups is 2. The molecule has 0 aromatic heterocycles. The molecule has 0 saturated carbocycles. The quantitative estimate of drug-likeness (QED) is 0.360. The number of amides is 3. The SMILES string of the molecule is NC(=O)NOC(=O)N[O-]. The summed E-state index contributed by atoms with van der Waals surface area (Å²) >= 11 is 0. The Morgan fingerprint density at radius 2 is 2.11 bits per heavy atom. The predicted molar refractivity (Wildman–Crippen MR) is 25.7 cm³/mol. The fourth-order valence-corrected chi connectivity index (χ4v) is 0.117. The van der Waals surface area contributed by atoms with Gasteiger partial charge in [0.1, 0.15) is 0 Å². The summed E-state index contributed by atoms with van der Waals surface area (Å²) in [5.41, 5.74) is 6.70. The first-order chi connectivity index (χ1) is 4.16. The standard InChI is InChI=1S/C2H4N3O4/c3-1(6)5-9-2(7)4-8/h(H4-,3,4,5,6,7,8)/q-1. The Balaban J connectivity index is 3.28. The summed E-state index contributed by atoms with van der Waals surface area (Å²) in [6.07, 6.45) is -1.33. The Bertz CT molecular complexity index is 123. The maximum Gasteiger partial charge on any atom is 0.420 e. The molecule has 0 saturated heterocycles. The summed E-state index contributed by atoms with van der Waals surface area (Å²) in [6.45, 7) is 0. The van der Waals surface area contributed by atoms with Crippen LogP contribution in [0, 0.1) is 5.21 Å². The molecule has 9 heavy (non-hydrogen) atoms. The Morgan fingerprint density at radius 1 is 1.56 bits per heavy atom. The van der Waals surface area contributed by atoms with E-state index in [1.807, 2.05) is 0 Å². The van der Waals surface area contributed by atoms with E-state index < -0.39 is 12.1 Å². The van der Waals surface area contributed by atoms with E-state index in [1.165, 1.54) is 5.48 Å². The molecular formula is C2H4N3O4-. The van der Waals surface area contributed by atoms with Crippen LogP contribution in [0.15, 0.2) is 0 Å². The van der Waals surface area contributed by atoms with Gasteiger partial charge in [-0.25, -0.2) is 9.59 Å². The van der Waals surface area contributed by atoms with Gasteiger partial charge in [0.15, 0.2) is 0 Å². The molecule has 0 radical (unpaired) electrons. The third-order valence-electron chi connectivity index (χ3n) is 0.328. The van der Waals surface area contributed by atoms with Crippen LogP contribution in [0.5, 0.6) is 0 Å². The average molecular weight is 134 g/mol. The lowest BCUT2D eigenvalue weighted by atomic mass is 11.1. The van der Waals surface area contributed by atoms with E-state index in [2.05, 4.69) is 10.6 Å². The summed E-state index contributed by atoms with van der Waals surface area (Å²) in [6, 6.07) is -1.06. The van der Waals surface area contributed by atoms with Crippen molar-refractivity contribution in [2.45, 2.75) is 0 Å². The number of nitrogens with two attached hydrogens (primary N) is 1. The number of urea groups is 1. The normalized spacial score (nSPS) is 7.67. The lowest BCUT2D eigenvalue weighted by Gasteiger charge is -2.05. The average Bonchev–Trinajstić information content (AvgIpc) is 1.83. The zero-order valence-corrected chi connectivity index (χ0v) is 4.21. The first-order valence-electron chi connectivity index (χ1n) is 1.81. The molecule has 0 unspecified atom stereocenters. The van der Waals surface area contributed by atoms with Gasteiger partial charge in [0.25, 0.3) is 0 Å². The van der Waals surface area contributed by atoms with Gasteiger partial charge >= 0.3 is 12.1 Å². The number of nitrogens with one attached hydrogen (secondary N) is 2. The fraction of sp³-hybridized carbons (Fsp3) is 0. The van der Waals surface area contributed by atoms with Gasteiger partial charge < -0.3 is 21.3 Å². The van der Waals surface area contributed by atoms with Gasteiger partial charge in [-0.1, -0.05) is 0 Å². The van der Waals surface area contributed by atoms with E-state index in [4.69, 9.17) is 0 Å². The molecule has 7 nitrogen and oxygen atoms in total. The molecule has 3 amide bonds. The highest BCUT2D eigenvalue weighted by Gasteiger charge is 1.94. The minimum atomic E-state index is -1.33. The highest BCUT2D eigenvalue weighted by atomic mass is 16.7. The minimum absolute atomic E-state index is 0.839. The van der Waals surface area contributed by atoms with Crippen molar-refractivity contribution >= 4 is 12.1 Å². The maximum absolute atomic E-state index is 9.80. The van der Waals surface area contributed by atoms with Crippen LogP contribution in [0.4, 0.5) is 9.59 Å².